The molecule has 0 atom stereocenters. The number of aromatic amines is 1. The molecule has 1 heterocycles. The fourth-order valence-corrected chi connectivity index (χ4v) is 2.69. The molecule has 0 unspecified atom stereocenters. The van der Waals surface area contributed by atoms with E-state index in [1.54, 1.807) is 18.5 Å². The maximum atomic E-state index is 13.5. The van der Waals surface area contributed by atoms with E-state index in [1.807, 2.05) is 18.3 Å². The number of nitrogens with zero attached hydrogens (tertiary/aromatic N) is 1. The average Bonchev–Trinajstić information content (AvgIpc) is 3.01. The molecule has 0 spiro atoms. The van der Waals surface area contributed by atoms with E-state index in [0.717, 1.165) is 29.7 Å². The highest BCUT2D eigenvalue weighted by atomic mass is 19.1. The summed E-state index contributed by atoms with van der Waals surface area (Å²) in [7, 11) is 0. The third-order valence-corrected chi connectivity index (χ3v) is 3.75. The largest absolute Gasteiger partial charge is 0.351 e. The first-order valence-electron chi connectivity index (χ1n) is 7.21. The molecule has 112 valence electrons. The Hall–Kier alpha value is -2.49. The van der Waals surface area contributed by atoms with Crippen molar-refractivity contribution in [2.75, 3.05) is 0 Å². The number of imidazole rings is 1. The van der Waals surface area contributed by atoms with Gasteiger partial charge in [0.15, 0.2) is 0 Å². The summed E-state index contributed by atoms with van der Waals surface area (Å²) in [6.07, 6.45) is 4.95. The fraction of sp³-hybridized carbons (Fsp3) is 0.167. The Morgan fingerprint density at radius 2 is 1.59 bits per heavy atom. The van der Waals surface area contributed by atoms with Crippen LogP contribution in [0.5, 0.6) is 0 Å². The highest BCUT2D eigenvalue weighted by Gasteiger charge is 2.16. The van der Waals surface area contributed by atoms with Crippen molar-refractivity contribution in [2.24, 2.45) is 0 Å². The fourth-order valence-electron chi connectivity index (χ4n) is 2.69. The highest BCUT2D eigenvalue weighted by molar-refractivity contribution is 5.33. The summed E-state index contributed by atoms with van der Waals surface area (Å²) in [6, 6.07) is 13.0. The van der Waals surface area contributed by atoms with Crippen molar-refractivity contribution in [3.05, 3.63) is 89.5 Å². The van der Waals surface area contributed by atoms with Gasteiger partial charge in [-0.2, -0.15) is 0 Å². The van der Waals surface area contributed by atoms with E-state index in [1.165, 1.54) is 24.3 Å². The molecule has 3 rings (SSSR count). The zero-order valence-electron chi connectivity index (χ0n) is 12.0. The highest BCUT2D eigenvalue weighted by Crippen LogP contribution is 2.30. The zero-order chi connectivity index (χ0) is 15.4. The van der Waals surface area contributed by atoms with Crippen molar-refractivity contribution in [1.29, 1.82) is 0 Å². The topological polar surface area (TPSA) is 28.7 Å². The minimum absolute atomic E-state index is 0.0666. The smallest absolute Gasteiger partial charge is 0.123 e. The van der Waals surface area contributed by atoms with Crippen LogP contribution in [0.3, 0.4) is 0 Å². The van der Waals surface area contributed by atoms with Gasteiger partial charge in [-0.05, 0) is 48.2 Å². The van der Waals surface area contributed by atoms with Crippen molar-refractivity contribution >= 4 is 0 Å². The van der Waals surface area contributed by atoms with E-state index in [-0.39, 0.29) is 17.6 Å². The molecular weight excluding hydrogens is 282 g/mol. The summed E-state index contributed by atoms with van der Waals surface area (Å²) < 4.78 is 27.1. The Balaban J connectivity index is 1.91. The van der Waals surface area contributed by atoms with Gasteiger partial charge in [-0.15, -0.1) is 0 Å². The van der Waals surface area contributed by atoms with Crippen LogP contribution in [0.25, 0.3) is 0 Å². The van der Waals surface area contributed by atoms with Crippen LogP contribution in [0, 0.1) is 11.6 Å². The van der Waals surface area contributed by atoms with Gasteiger partial charge >= 0.3 is 0 Å². The Bertz CT molecular complexity index is 693. The zero-order valence-corrected chi connectivity index (χ0v) is 12.0. The predicted octanol–water partition coefficient (Wildman–Crippen LogP) is 4.45. The second-order valence-electron chi connectivity index (χ2n) is 5.26. The van der Waals surface area contributed by atoms with Crippen molar-refractivity contribution in [3.8, 4) is 0 Å². The number of hydrogen-bond acceptors (Lipinski definition) is 1. The summed E-state index contributed by atoms with van der Waals surface area (Å²) >= 11 is 0. The molecule has 0 bridgehead atoms. The molecular formula is C18H16F2N2. The number of H-pyrrole nitrogens is 1. The van der Waals surface area contributed by atoms with Crippen LogP contribution in [0.4, 0.5) is 8.78 Å². The van der Waals surface area contributed by atoms with Crippen LogP contribution in [0.1, 0.15) is 29.2 Å². The molecule has 0 fully saturated rings. The lowest BCUT2D eigenvalue weighted by Crippen LogP contribution is -2.04. The minimum atomic E-state index is -0.279. The standard InChI is InChI=1S/C18H16F2N2/c19-15-5-1-3-13(9-15)18(8-7-17-11-21-12-22-17)14-4-2-6-16(20)10-14/h1-6,9-12,18H,7-8H2,(H,21,22). The predicted molar refractivity (Wildman–Crippen MR) is 81.6 cm³/mol. The van der Waals surface area contributed by atoms with Crippen LogP contribution in [-0.4, -0.2) is 9.97 Å². The van der Waals surface area contributed by atoms with E-state index in [2.05, 4.69) is 9.97 Å². The molecule has 0 aliphatic carbocycles. The molecule has 0 amide bonds. The Labute approximate surface area is 127 Å². The lowest BCUT2D eigenvalue weighted by Gasteiger charge is -2.18. The molecule has 22 heavy (non-hydrogen) atoms. The molecule has 1 aromatic heterocycles. The molecule has 0 aliphatic rings. The van der Waals surface area contributed by atoms with Gasteiger partial charge in [0.05, 0.1) is 12.0 Å². The van der Waals surface area contributed by atoms with Crippen LogP contribution in [0.15, 0.2) is 61.1 Å². The number of benzene rings is 2. The van der Waals surface area contributed by atoms with Gasteiger partial charge in [0.1, 0.15) is 11.6 Å². The van der Waals surface area contributed by atoms with Gasteiger partial charge in [-0.1, -0.05) is 24.3 Å². The molecule has 2 aromatic carbocycles. The lowest BCUT2D eigenvalue weighted by molar-refractivity contribution is 0.612. The van der Waals surface area contributed by atoms with E-state index in [0.29, 0.717) is 0 Å². The van der Waals surface area contributed by atoms with Gasteiger partial charge in [-0.25, -0.2) is 13.8 Å². The van der Waals surface area contributed by atoms with E-state index in [9.17, 15) is 8.78 Å². The van der Waals surface area contributed by atoms with Crippen LogP contribution in [-0.2, 0) is 6.42 Å². The van der Waals surface area contributed by atoms with Gasteiger partial charge in [-0.3, -0.25) is 0 Å². The second-order valence-corrected chi connectivity index (χ2v) is 5.26. The Morgan fingerprint density at radius 1 is 0.955 bits per heavy atom. The van der Waals surface area contributed by atoms with Crippen LogP contribution < -0.4 is 0 Å². The van der Waals surface area contributed by atoms with Gasteiger partial charge in [0.25, 0.3) is 0 Å². The minimum Gasteiger partial charge on any atom is -0.351 e. The summed E-state index contributed by atoms with van der Waals surface area (Å²) in [5.41, 5.74) is 2.64. The monoisotopic (exact) mass is 298 g/mol. The molecule has 0 saturated carbocycles. The number of aromatic nitrogens is 2. The number of hydrogen-bond donors (Lipinski definition) is 1. The molecule has 4 heteroatoms. The number of rotatable bonds is 5. The van der Waals surface area contributed by atoms with E-state index in [4.69, 9.17) is 0 Å². The molecule has 0 aliphatic heterocycles. The third-order valence-electron chi connectivity index (χ3n) is 3.75. The van der Waals surface area contributed by atoms with Crippen molar-refractivity contribution in [2.45, 2.75) is 18.8 Å². The molecule has 0 radical (unpaired) electrons. The normalized spacial score (nSPS) is 11.0. The lowest BCUT2D eigenvalue weighted by atomic mass is 9.87. The number of halogens is 2. The average molecular weight is 298 g/mol. The molecule has 0 saturated heterocycles. The molecule has 1 N–H and O–H groups in total. The first-order valence-corrected chi connectivity index (χ1v) is 7.21. The van der Waals surface area contributed by atoms with Crippen LogP contribution in [0.2, 0.25) is 0 Å². The van der Waals surface area contributed by atoms with E-state index < -0.39 is 0 Å². The van der Waals surface area contributed by atoms with E-state index >= 15 is 0 Å². The maximum absolute atomic E-state index is 13.5. The molecule has 3 aromatic rings. The first kappa shape index (κ1) is 14.4. The quantitative estimate of drug-likeness (QED) is 0.740. The Kier molecular flexibility index (Phi) is 4.28. The van der Waals surface area contributed by atoms with Gasteiger partial charge in [0.2, 0.25) is 0 Å². The second kappa shape index (κ2) is 6.52. The maximum Gasteiger partial charge on any atom is 0.123 e. The number of aryl methyl sites for hydroxylation is 1. The van der Waals surface area contributed by atoms with Crippen molar-refractivity contribution in [3.63, 3.8) is 0 Å². The third kappa shape index (κ3) is 3.39. The van der Waals surface area contributed by atoms with Crippen LogP contribution >= 0.6 is 0 Å². The SMILES string of the molecule is Fc1cccc(C(CCc2c[nH]cn2)c2cccc(F)c2)c1. The van der Waals surface area contributed by atoms with Crippen molar-refractivity contribution in [1.82, 2.24) is 9.97 Å². The van der Waals surface area contributed by atoms with Gasteiger partial charge in [0, 0.05) is 12.1 Å². The summed E-state index contributed by atoms with van der Waals surface area (Å²) in [4.78, 5) is 7.13. The summed E-state index contributed by atoms with van der Waals surface area (Å²) in [5.74, 6) is -0.625. The molecule has 2 nitrogen and oxygen atoms in total. The van der Waals surface area contributed by atoms with Gasteiger partial charge < -0.3 is 4.98 Å². The summed E-state index contributed by atoms with van der Waals surface area (Å²) in [6.45, 7) is 0. The Morgan fingerprint density at radius 3 is 2.09 bits per heavy atom. The van der Waals surface area contributed by atoms with Crippen molar-refractivity contribution < 1.29 is 8.78 Å². The summed E-state index contributed by atoms with van der Waals surface area (Å²) in [5, 5.41) is 0. The first-order chi connectivity index (χ1) is 10.7. The number of nitrogens with one attached hydrogen (secondary N) is 1.